The number of halogens is 4. The van der Waals surface area contributed by atoms with E-state index in [2.05, 4.69) is 0 Å². The predicted molar refractivity (Wildman–Crippen MR) is 61.3 cm³/mol. The van der Waals surface area contributed by atoms with Gasteiger partial charge in [-0.1, -0.05) is 27.7 Å². The Morgan fingerprint density at radius 1 is 0.529 bits per heavy atom. The van der Waals surface area contributed by atoms with E-state index in [0.717, 1.165) is 0 Å². The van der Waals surface area contributed by atoms with Crippen LogP contribution in [0.25, 0.3) is 0 Å². The average molecular weight is 366 g/mol. The molecule has 4 atom stereocenters. The summed E-state index contributed by atoms with van der Waals surface area (Å²) in [4.78, 5) is 0. The molecule has 0 radical (unpaired) electrons. The maximum Gasteiger partial charge on any atom is 4.00 e. The third-order valence-corrected chi connectivity index (χ3v) is 0. The Balaban J connectivity index is -0.0000000369. The summed E-state index contributed by atoms with van der Waals surface area (Å²) in [6, 6.07) is 0. The quantitative estimate of drug-likeness (QED) is 0.436. The predicted octanol–water partition coefficient (Wildman–Crippen LogP) is -0.277. The summed E-state index contributed by atoms with van der Waals surface area (Å²) in [5.41, 5.74) is -3.78. The first-order valence-corrected chi connectivity index (χ1v) is 5.87. The van der Waals surface area contributed by atoms with Gasteiger partial charge in [0.05, 0.1) is 0 Å². The molecule has 0 bridgehead atoms. The number of rotatable bonds is 0. The fourth-order valence-corrected chi connectivity index (χ4v) is 0. The van der Waals surface area contributed by atoms with Gasteiger partial charge in [-0.25, -0.2) is 0 Å². The molecule has 9 heteroatoms. The molecule has 0 saturated heterocycles. The van der Waals surface area contributed by atoms with Crippen molar-refractivity contribution in [2.45, 2.75) is 49.9 Å². The summed E-state index contributed by atoms with van der Waals surface area (Å²) in [6.07, 6.45) is 0. The van der Waals surface area contributed by atoms with E-state index in [4.69, 9.17) is 46.4 Å². The zero-order chi connectivity index (χ0) is 14.3. The van der Waals surface area contributed by atoms with Crippen LogP contribution in [0, 0.1) is 0 Å². The molecular weight excluding hydrogens is 350 g/mol. The molecule has 4 nitrogen and oxygen atoms in total. The largest absolute Gasteiger partial charge is 4.00 e. The van der Waals surface area contributed by atoms with E-state index >= 15 is 0 Å². The number of hydrogen-bond donors (Lipinski definition) is 0. The van der Waals surface area contributed by atoms with Crippen LogP contribution in [0.3, 0.4) is 0 Å². The third-order valence-electron chi connectivity index (χ3n) is 0. The molecule has 0 spiro atoms. The van der Waals surface area contributed by atoms with Gasteiger partial charge in [0.25, 0.3) is 0 Å². The topological polar surface area (TPSA) is 92.2 Å². The fraction of sp³-hybridized carbons (Fsp3) is 1.00. The van der Waals surface area contributed by atoms with Crippen molar-refractivity contribution in [1.82, 2.24) is 0 Å². The van der Waals surface area contributed by atoms with Crippen molar-refractivity contribution < 1.29 is 42.1 Å². The second kappa shape index (κ2) is 26.3. The zero-order valence-corrected chi connectivity index (χ0v) is 14.5. The minimum Gasteiger partial charge on any atom is -0.840 e. The molecular formula is C8H16Cl4O4Ti. The zero-order valence-electron chi connectivity index (χ0n) is 9.95. The molecule has 0 aliphatic carbocycles. The maximum atomic E-state index is 9.29. The number of hydrogen-bond acceptors (Lipinski definition) is 4. The minimum atomic E-state index is -0.944. The van der Waals surface area contributed by atoms with Gasteiger partial charge in [-0.05, 0) is 22.3 Å². The number of alkyl halides is 4. The summed E-state index contributed by atoms with van der Waals surface area (Å²) in [7, 11) is 0. The molecule has 104 valence electrons. The normalized spacial score (nSPS) is 14.8. The fourth-order valence-electron chi connectivity index (χ4n) is 0. The van der Waals surface area contributed by atoms with Crippen molar-refractivity contribution in [3.63, 3.8) is 0 Å². The van der Waals surface area contributed by atoms with Crippen LogP contribution >= 0.6 is 46.4 Å². The van der Waals surface area contributed by atoms with Gasteiger partial charge < -0.3 is 20.4 Å². The first kappa shape index (κ1) is 31.2. The Labute approximate surface area is 138 Å². The Bertz CT molecular complexity index is 72.5. The maximum absolute atomic E-state index is 9.29. The average Bonchev–Trinajstić information content (AvgIpc) is 1.76. The molecule has 0 aromatic rings. The summed E-state index contributed by atoms with van der Waals surface area (Å²) in [6.45, 7) is 5.51. The van der Waals surface area contributed by atoms with Crippen LogP contribution in [-0.4, -0.2) is 22.3 Å². The van der Waals surface area contributed by atoms with Crippen molar-refractivity contribution in [3.05, 3.63) is 0 Å². The molecule has 4 unspecified atom stereocenters. The first-order valence-electron chi connectivity index (χ1n) is 4.13. The van der Waals surface area contributed by atoms with Crippen molar-refractivity contribution >= 4 is 46.4 Å². The van der Waals surface area contributed by atoms with E-state index in [0.29, 0.717) is 0 Å². The Morgan fingerprint density at radius 3 is 0.529 bits per heavy atom. The molecule has 0 aromatic heterocycles. The van der Waals surface area contributed by atoms with E-state index in [1.807, 2.05) is 0 Å². The molecule has 0 aliphatic heterocycles. The first-order chi connectivity index (χ1) is 6.93. The molecule has 0 N–H and O–H groups in total. The van der Waals surface area contributed by atoms with E-state index in [9.17, 15) is 20.4 Å². The van der Waals surface area contributed by atoms with E-state index in [1.54, 1.807) is 0 Å². The van der Waals surface area contributed by atoms with Crippen molar-refractivity contribution in [3.8, 4) is 0 Å². The molecule has 0 heterocycles. The van der Waals surface area contributed by atoms with Crippen LogP contribution in [0.4, 0.5) is 0 Å². The Hall–Kier alpha value is 1.71. The molecule has 0 aliphatic rings. The van der Waals surface area contributed by atoms with Crippen LogP contribution in [0.2, 0.25) is 0 Å². The van der Waals surface area contributed by atoms with Gasteiger partial charge in [0, 0.05) is 0 Å². The summed E-state index contributed by atoms with van der Waals surface area (Å²) >= 11 is 18.9. The van der Waals surface area contributed by atoms with Crippen molar-refractivity contribution in [2.24, 2.45) is 0 Å². The minimum absolute atomic E-state index is 0. The standard InChI is InChI=1S/4C2H4ClO.Ti/c4*1-2(3)4;/h4*2H,1H3;/q4*-1;+4. The van der Waals surface area contributed by atoms with Crippen LogP contribution in [0.5, 0.6) is 0 Å². The van der Waals surface area contributed by atoms with Gasteiger partial charge in [0.1, 0.15) is 0 Å². The second-order valence-electron chi connectivity index (χ2n) is 2.17. The van der Waals surface area contributed by atoms with Crippen LogP contribution < -0.4 is 20.4 Å². The van der Waals surface area contributed by atoms with Gasteiger partial charge in [-0.3, -0.25) is 0 Å². The Kier molecular flexibility index (Phi) is 48.3. The Morgan fingerprint density at radius 2 is 0.529 bits per heavy atom. The van der Waals surface area contributed by atoms with Crippen molar-refractivity contribution in [1.29, 1.82) is 0 Å². The van der Waals surface area contributed by atoms with Gasteiger partial charge in [0.15, 0.2) is 0 Å². The van der Waals surface area contributed by atoms with Crippen molar-refractivity contribution in [2.75, 3.05) is 0 Å². The molecule has 0 fully saturated rings. The smallest absolute Gasteiger partial charge is 0.840 e. The second-order valence-corrected chi connectivity index (χ2v) is 4.63. The molecule has 0 amide bonds. The SMILES string of the molecule is CC([O-])Cl.CC([O-])Cl.CC([O-])Cl.CC([O-])Cl.[Ti+4]. The molecule has 0 saturated carbocycles. The van der Waals surface area contributed by atoms with E-state index < -0.39 is 22.3 Å². The summed E-state index contributed by atoms with van der Waals surface area (Å²) in [5.74, 6) is 0. The van der Waals surface area contributed by atoms with Gasteiger partial charge in [-0.15, -0.1) is 46.4 Å². The summed E-state index contributed by atoms with van der Waals surface area (Å²) in [5, 5.41) is 37.2. The van der Waals surface area contributed by atoms with Crippen LogP contribution in [-0.2, 0) is 21.7 Å². The van der Waals surface area contributed by atoms with Gasteiger partial charge in [0.2, 0.25) is 0 Å². The van der Waals surface area contributed by atoms with E-state index in [1.165, 1.54) is 27.7 Å². The molecule has 17 heavy (non-hydrogen) atoms. The monoisotopic (exact) mass is 364 g/mol. The van der Waals surface area contributed by atoms with E-state index in [-0.39, 0.29) is 21.7 Å². The van der Waals surface area contributed by atoms with Crippen LogP contribution in [0.15, 0.2) is 0 Å². The van der Waals surface area contributed by atoms with Gasteiger partial charge >= 0.3 is 21.7 Å². The van der Waals surface area contributed by atoms with Gasteiger partial charge in [-0.2, -0.15) is 0 Å². The third kappa shape index (κ3) is 1490. The molecule has 0 aromatic carbocycles. The summed E-state index contributed by atoms with van der Waals surface area (Å²) < 4.78 is 0. The van der Waals surface area contributed by atoms with Crippen LogP contribution in [0.1, 0.15) is 27.7 Å². The molecule has 0 rings (SSSR count).